The van der Waals surface area contributed by atoms with Crippen molar-refractivity contribution in [1.29, 1.82) is 0 Å². The molecule has 0 saturated carbocycles. The SMILES string of the molecule is Cc1cc(Cl)ccc1NCC(C)CN. The molecular weight excluding hydrogens is 196 g/mol. The molecule has 1 rings (SSSR count). The Morgan fingerprint density at radius 3 is 2.79 bits per heavy atom. The van der Waals surface area contributed by atoms with E-state index in [2.05, 4.69) is 12.2 Å². The van der Waals surface area contributed by atoms with Gasteiger partial charge in [-0.05, 0) is 43.1 Å². The smallest absolute Gasteiger partial charge is 0.0410 e. The molecule has 3 N–H and O–H groups in total. The van der Waals surface area contributed by atoms with Crippen molar-refractivity contribution in [3.8, 4) is 0 Å². The lowest BCUT2D eigenvalue weighted by atomic mass is 10.1. The van der Waals surface area contributed by atoms with Crippen LogP contribution in [-0.4, -0.2) is 13.1 Å². The maximum Gasteiger partial charge on any atom is 0.0410 e. The first kappa shape index (κ1) is 11.3. The zero-order valence-electron chi connectivity index (χ0n) is 8.68. The molecule has 0 aliphatic heterocycles. The molecule has 0 heterocycles. The van der Waals surface area contributed by atoms with Crippen LogP contribution in [0.4, 0.5) is 5.69 Å². The maximum atomic E-state index is 5.86. The molecule has 1 aromatic carbocycles. The fourth-order valence-corrected chi connectivity index (χ4v) is 1.42. The van der Waals surface area contributed by atoms with Crippen molar-refractivity contribution in [2.75, 3.05) is 18.4 Å². The van der Waals surface area contributed by atoms with E-state index in [1.165, 1.54) is 5.56 Å². The second-order valence-corrected chi connectivity index (χ2v) is 4.12. The van der Waals surface area contributed by atoms with E-state index in [4.69, 9.17) is 17.3 Å². The van der Waals surface area contributed by atoms with Gasteiger partial charge >= 0.3 is 0 Å². The summed E-state index contributed by atoms with van der Waals surface area (Å²) >= 11 is 5.86. The molecule has 3 heteroatoms. The van der Waals surface area contributed by atoms with Crippen molar-refractivity contribution >= 4 is 17.3 Å². The molecule has 1 aromatic rings. The molecule has 0 aliphatic carbocycles. The summed E-state index contributed by atoms with van der Waals surface area (Å²) in [6.45, 7) is 5.78. The Hall–Kier alpha value is -0.730. The van der Waals surface area contributed by atoms with Crippen LogP contribution in [-0.2, 0) is 0 Å². The summed E-state index contributed by atoms with van der Waals surface area (Å²) in [6, 6.07) is 5.85. The molecule has 0 amide bonds. The first-order valence-electron chi connectivity index (χ1n) is 4.83. The lowest BCUT2D eigenvalue weighted by Crippen LogP contribution is -2.20. The van der Waals surface area contributed by atoms with Gasteiger partial charge in [-0.2, -0.15) is 0 Å². The third-order valence-electron chi connectivity index (χ3n) is 2.23. The first-order chi connectivity index (χ1) is 6.63. The largest absolute Gasteiger partial charge is 0.385 e. The van der Waals surface area contributed by atoms with Gasteiger partial charge in [0.15, 0.2) is 0 Å². The van der Waals surface area contributed by atoms with Crippen molar-refractivity contribution in [3.63, 3.8) is 0 Å². The van der Waals surface area contributed by atoms with Crippen LogP contribution in [0.25, 0.3) is 0 Å². The number of aryl methyl sites for hydroxylation is 1. The summed E-state index contributed by atoms with van der Waals surface area (Å²) in [4.78, 5) is 0. The zero-order valence-corrected chi connectivity index (χ0v) is 9.43. The molecular formula is C11H17ClN2. The van der Waals surface area contributed by atoms with E-state index >= 15 is 0 Å². The number of hydrogen-bond donors (Lipinski definition) is 2. The summed E-state index contributed by atoms with van der Waals surface area (Å²) in [7, 11) is 0. The third kappa shape index (κ3) is 3.20. The molecule has 0 saturated heterocycles. The highest BCUT2D eigenvalue weighted by atomic mass is 35.5. The van der Waals surface area contributed by atoms with Crippen molar-refractivity contribution in [2.24, 2.45) is 11.7 Å². The van der Waals surface area contributed by atoms with Crippen molar-refractivity contribution in [3.05, 3.63) is 28.8 Å². The highest BCUT2D eigenvalue weighted by molar-refractivity contribution is 6.30. The summed E-state index contributed by atoms with van der Waals surface area (Å²) < 4.78 is 0. The number of nitrogens with two attached hydrogens (primary N) is 1. The van der Waals surface area contributed by atoms with Gasteiger partial charge in [-0.15, -0.1) is 0 Å². The van der Waals surface area contributed by atoms with Gasteiger partial charge in [0.25, 0.3) is 0 Å². The minimum Gasteiger partial charge on any atom is -0.385 e. The van der Waals surface area contributed by atoms with E-state index in [1.807, 2.05) is 25.1 Å². The van der Waals surface area contributed by atoms with E-state index < -0.39 is 0 Å². The van der Waals surface area contributed by atoms with Crippen molar-refractivity contribution in [2.45, 2.75) is 13.8 Å². The minimum atomic E-state index is 0.491. The standard InChI is InChI=1S/C11H17ClN2/c1-8(6-13)7-14-11-4-3-10(12)5-9(11)2/h3-5,8,14H,6-7,13H2,1-2H3. The lowest BCUT2D eigenvalue weighted by molar-refractivity contribution is 0.628. The third-order valence-corrected chi connectivity index (χ3v) is 2.47. The number of hydrogen-bond acceptors (Lipinski definition) is 2. The van der Waals surface area contributed by atoms with E-state index in [0.29, 0.717) is 12.5 Å². The number of rotatable bonds is 4. The predicted molar refractivity (Wildman–Crippen MR) is 62.9 cm³/mol. The lowest BCUT2D eigenvalue weighted by Gasteiger charge is -2.13. The number of anilines is 1. The molecule has 0 aliphatic rings. The highest BCUT2D eigenvalue weighted by Crippen LogP contribution is 2.19. The molecule has 0 aromatic heterocycles. The normalized spacial score (nSPS) is 12.6. The maximum absolute atomic E-state index is 5.86. The van der Waals surface area contributed by atoms with Crippen LogP contribution in [0.15, 0.2) is 18.2 Å². The molecule has 0 spiro atoms. The Labute approximate surface area is 90.4 Å². The average Bonchev–Trinajstić information content (AvgIpc) is 2.16. The van der Waals surface area contributed by atoms with Crippen molar-refractivity contribution < 1.29 is 0 Å². The Kier molecular flexibility index (Phi) is 4.23. The Morgan fingerprint density at radius 1 is 1.50 bits per heavy atom. The second kappa shape index (κ2) is 5.23. The molecule has 2 nitrogen and oxygen atoms in total. The van der Waals surface area contributed by atoms with E-state index in [-0.39, 0.29) is 0 Å². The van der Waals surface area contributed by atoms with E-state index in [9.17, 15) is 0 Å². The van der Waals surface area contributed by atoms with Gasteiger partial charge in [-0.3, -0.25) is 0 Å². The highest BCUT2D eigenvalue weighted by Gasteiger charge is 2.01. The van der Waals surface area contributed by atoms with Crippen LogP contribution in [0.3, 0.4) is 0 Å². The Balaban J connectivity index is 2.59. The fraction of sp³-hybridized carbons (Fsp3) is 0.455. The summed E-state index contributed by atoms with van der Waals surface area (Å²) in [6.07, 6.45) is 0. The Bertz CT molecular complexity index is 299. The van der Waals surface area contributed by atoms with Gasteiger partial charge < -0.3 is 11.1 Å². The minimum absolute atomic E-state index is 0.491. The molecule has 14 heavy (non-hydrogen) atoms. The molecule has 1 atom stereocenters. The second-order valence-electron chi connectivity index (χ2n) is 3.68. The van der Waals surface area contributed by atoms with Gasteiger partial charge in [0.1, 0.15) is 0 Å². The Morgan fingerprint density at radius 2 is 2.21 bits per heavy atom. The first-order valence-corrected chi connectivity index (χ1v) is 5.21. The van der Waals surface area contributed by atoms with Crippen LogP contribution < -0.4 is 11.1 Å². The van der Waals surface area contributed by atoms with Crippen LogP contribution in [0.5, 0.6) is 0 Å². The molecule has 0 bridgehead atoms. The van der Waals surface area contributed by atoms with Crippen LogP contribution in [0, 0.1) is 12.8 Å². The van der Waals surface area contributed by atoms with Gasteiger partial charge in [0, 0.05) is 17.3 Å². The van der Waals surface area contributed by atoms with Gasteiger partial charge in [-0.25, -0.2) is 0 Å². The van der Waals surface area contributed by atoms with Crippen LogP contribution in [0.2, 0.25) is 5.02 Å². The van der Waals surface area contributed by atoms with E-state index in [1.54, 1.807) is 0 Å². The van der Waals surface area contributed by atoms with Crippen LogP contribution in [0.1, 0.15) is 12.5 Å². The summed E-state index contributed by atoms with van der Waals surface area (Å²) in [5.74, 6) is 0.491. The van der Waals surface area contributed by atoms with Crippen molar-refractivity contribution in [1.82, 2.24) is 0 Å². The number of benzene rings is 1. The van der Waals surface area contributed by atoms with Crippen LogP contribution >= 0.6 is 11.6 Å². The number of nitrogens with one attached hydrogen (secondary N) is 1. The summed E-state index contributed by atoms with van der Waals surface area (Å²) in [5.41, 5.74) is 7.84. The van der Waals surface area contributed by atoms with Gasteiger partial charge in [0.2, 0.25) is 0 Å². The quantitative estimate of drug-likeness (QED) is 0.806. The average molecular weight is 213 g/mol. The topological polar surface area (TPSA) is 38.0 Å². The predicted octanol–water partition coefficient (Wildman–Crippen LogP) is 2.66. The monoisotopic (exact) mass is 212 g/mol. The van der Waals surface area contributed by atoms with E-state index in [0.717, 1.165) is 17.3 Å². The number of halogens is 1. The van der Waals surface area contributed by atoms with Gasteiger partial charge in [-0.1, -0.05) is 18.5 Å². The molecule has 1 unspecified atom stereocenters. The molecule has 0 radical (unpaired) electrons. The zero-order chi connectivity index (χ0) is 10.6. The summed E-state index contributed by atoms with van der Waals surface area (Å²) in [5, 5.41) is 4.13. The molecule has 78 valence electrons. The van der Waals surface area contributed by atoms with Gasteiger partial charge in [0.05, 0.1) is 0 Å². The molecule has 0 fully saturated rings. The fourth-order valence-electron chi connectivity index (χ4n) is 1.19.